The zero-order valence-electron chi connectivity index (χ0n) is 7.21. The molecule has 0 radical (unpaired) electrons. The summed E-state index contributed by atoms with van der Waals surface area (Å²) in [6.07, 6.45) is 4.39. The van der Waals surface area contributed by atoms with Crippen molar-refractivity contribution < 1.29 is 9.53 Å². The van der Waals surface area contributed by atoms with E-state index in [9.17, 15) is 4.79 Å². The first-order chi connectivity index (χ1) is 5.86. The molecular weight excluding hydrogens is 154 g/mol. The number of hydrogen-bond donors (Lipinski definition) is 1. The molecule has 3 heteroatoms. The van der Waals surface area contributed by atoms with Crippen molar-refractivity contribution in [2.75, 3.05) is 13.2 Å². The largest absolute Gasteiger partial charge is 0.465 e. The lowest BCUT2D eigenvalue weighted by molar-refractivity contribution is -0.141. The molecule has 0 aromatic heterocycles. The molecule has 2 aliphatic rings. The van der Waals surface area contributed by atoms with E-state index < -0.39 is 0 Å². The minimum atomic E-state index is 0.0173. The number of cyclic esters (lactones) is 1. The van der Waals surface area contributed by atoms with Crippen LogP contribution >= 0.6 is 0 Å². The van der Waals surface area contributed by atoms with Crippen LogP contribution in [-0.4, -0.2) is 25.2 Å². The lowest BCUT2D eigenvalue weighted by Gasteiger charge is -2.12. The normalized spacial score (nSPS) is 35.5. The molecule has 12 heavy (non-hydrogen) atoms. The van der Waals surface area contributed by atoms with Gasteiger partial charge < -0.3 is 10.1 Å². The minimum absolute atomic E-state index is 0.0173. The van der Waals surface area contributed by atoms with Gasteiger partial charge in [-0.15, -0.1) is 0 Å². The van der Waals surface area contributed by atoms with Gasteiger partial charge in [0.1, 0.15) is 0 Å². The van der Waals surface area contributed by atoms with Gasteiger partial charge in [0, 0.05) is 6.04 Å². The Morgan fingerprint density at radius 3 is 3.00 bits per heavy atom. The zero-order chi connectivity index (χ0) is 8.39. The molecule has 0 aliphatic carbocycles. The van der Waals surface area contributed by atoms with Gasteiger partial charge in [-0.3, -0.25) is 4.79 Å². The van der Waals surface area contributed by atoms with Crippen LogP contribution in [0.1, 0.15) is 25.7 Å². The van der Waals surface area contributed by atoms with Gasteiger partial charge in [-0.1, -0.05) is 0 Å². The summed E-state index contributed by atoms with van der Waals surface area (Å²) in [6, 6.07) is 0.570. The Morgan fingerprint density at radius 1 is 1.50 bits per heavy atom. The van der Waals surface area contributed by atoms with Crippen molar-refractivity contribution in [2.24, 2.45) is 5.92 Å². The predicted molar refractivity (Wildman–Crippen MR) is 44.7 cm³/mol. The Balaban J connectivity index is 1.81. The molecule has 0 amide bonds. The SMILES string of the molecule is O=C1OCCC1CC1CCCN1. The van der Waals surface area contributed by atoms with Gasteiger partial charge in [0.15, 0.2) is 0 Å². The van der Waals surface area contributed by atoms with E-state index in [2.05, 4.69) is 5.32 Å². The van der Waals surface area contributed by atoms with Crippen LogP contribution in [0.25, 0.3) is 0 Å². The molecule has 2 fully saturated rings. The topological polar surface area (TPSA) is 38.3 Å². The minimum Gasteiger partial charge on any atom is -0.465 e. The third-order valence-corrected chi connectivity index (χ3v) is 2.78. The van der Waals surface area contributed by atoms with Crippen LogP contribution in [0, 0.1) is 5.92 Å². The number of esters is 1. The fourth-order valence-corrected chi connectivity index (χ4v) is 2.05. The number of carbonyl (C=O) groups excluding carboxylic acids is 1. The number of carbonyl (C=O) groups is 1. The van der Waals surface area contributed by atoms with E-state index >= 15 is 0 Å². The predicted octanol–water partition coefficient (Wildman–Crippen LogP) is 0.692. The summed E-state index contributed by atoms with van der Waals surface area (Å²) in [5, 5.41) is 3.40. The number of rotatable bonds is 2. The molecule has 0 spiro atoms. The van der Waals surface area contributed by atoms with Crippen LogP contribution in [0.3, 0.4) is 0 Å². The van der Waals surface area contributed by atoms with E-state index in [0.717, 1.165) is 19.4 Å². The highest BCUT2D eigenvalue weighted by molar-refractivity contribution is 5.74. The Kier molecular flexibility index (Phi) is 2.30. The maximum Gasteiger partial charge on any atom is 0.309 e. The van der Waals surface area contributed by atoms with Crippen molar-refractivity contribution in [3.05, 3.63) is 0 Å². The van der Waals surface area contributed by atoms with E-state index in [1.807, 2.05) is 0 Å². The highest BCUT2D eigenvalue weighted by Gasteiger charge is 2.29. The summed E-state index contributed by atoms with van der Waals surface area (Å²) in [4.78, 5) is 11.1. The highest BCUT2D eigenvalue weighted by Crippen LogP contribution is 2.22. The van der Waals surface area contributed by atoms with E-state index in [1.165, 1.54) is 12.8 Å². The molecule has 2 unspecified atom stereocenters. The van der Waals surface area contributed by atoms with Gasteiger partial charge in [0.2, 0.25) is 0 Å². The van der Waals surface area contributed by atoms with Gasteiger partial charge in [0.05, 0.1) is 12.5 Å². The molecule has 0 aromatic rings. The summed E-state index contributed by atoms with van der Waals surface area (Å²) < 4.78 is 4.91. The summed E-state index contributed by atoms with van der Waals surface area (Å²) in [6.45, 7) is 1.75. The lowest BCUT2D eigenvalue weighted by atomic mass is 9.98. The molecular formula is C9H15NO2. The molecule has 3 nitrogen and oxygen atoms in total. The molecule has 2 aliphatic heterocycles. The van der Waals surface area contributed by atoms with Crippen LogP contribution < -0.4 is 5.32 Å². The van der Waals surface area contributed by atoms with Crippen molar-refractivity contribution in [1.29, 1.82) is 0 Å². The van der Waals surface area contributed by atoms with Crippen LogP contribution in [0.15, 0.2) is 0 Å². The van der Waals surface area contributed by atoms with E-state index in [0.29, 0.717) is 12.6 Å². The quantitative estimate of drug-likeness (QED) is 0.618. The Labute approximate surface area is 72.5 Å². The average molecular weight is 169 g/mol. The molecule has 2 saturated heterocycles. The van der Waals surface area contributed by atoms with Crippen LogP contribution in [0.5, 0.6) is 0 Å². The van der Waals surface area contributed by atoms with Crippen LogP contribution in [-0.2, 0) is 9.53 Å². The zero-order valence-corrected chi connectivity index (χ0v) is 7.21. The van der Waals surface area contributed by atoms with Crippen molar-refractivity contribution in [3.63, 3.8) is 0 Å². The molecule has 0 saturated carbocycles. The van der Waals surface area contributed by atoms with E-state index in [4.69, 9.17) is 4.74 Å². The second-order valence-electron chi connectivity index (χ2n) is 3.68. The van der Waals surface area contributed by atoms with Gasteiger partial charge >= 0.3 is 5.97 Å². The van der Waals surface area contributed by atoms with Crippen molar-refractivity contribution in [3.8, 4) is 0 Å². The molecule has 2 heterocycles. The number of ether oxygens (including phenoxy) is 1. The first-order valence-corrected chi connectivity index (χ1v) is 4.76. The van der Waals surface area contributed by atoms with Gasteiger partial charge in [-0.2, -0.15) is 0 Å². The lowest BCUT2D eigenvalue weighted by Crippen LogP contribution is -2.25. The fourth-order valence-electron chi connectivity index (χ4n) is 2.05. The fraction of sp³-hybridized carbons (Fsp3) is 0.889. The van der Waals surface area contributed by atoms with E-state index in [1.54, 1.807) is 0 Å². The molecule has 68 valence electrons. The summed E-state index contributed by atoms with van der Waals surface area (Å²) in [5.74, 6) is 0.198. The number of hydrogen-bond acceptors (Lipinski definition) is 3. The Hall–Kier alpha value is -0.570. The van der Waals surface area contributed by atoms with Gasteiger partial charge in [0.25, 0.3) is 0 Å². The average Bonchev–Trinajstić information content (AvgIpc) is 2.65. The molecule has 2 atom stereocenters. The standard InChI is InChI=1S/C9H15NO2/c11-9-7(3-5-12-9)6-8-2-1-4-10-8/h7-8,10H,1-6H2. The summed E-state index contributed by atoms with van der Waals surface area (Å²) >= 11 is 0. The molecule has 2 rings (SSSR count). The maximum atomic E-state index is 11.1. The van der Waals surface area contributed by atoms with Crippen molar-refractivity contribution in [1.82, 2.24) is 5.32 Å². The Morgan fingerprint density at radius 2 is 2.42 bits per heavy atom. The summed E-state index contributed by atoms with van der Waals surface area (Å²) in [5.41, 5.74) is 0. The third kappa shape index (κ3) is 1.61. The first kappa shape index (κ1) is 8.05. The number of nitrogens with one attached hydrogen (secondary N) is 1. The smallest absolute Gasteiger partial charge is 0.309 e. The maximum absolute atomic E-state index is 11.1. The van der Waals surface area contributed by atoms with Crippen LogP contribution in [0.4, 0.5) is 0 Å². The highest BCUT2D eigenvalue weighted by atomic mass is 16.5. The Bertz CT molecular complexity index is 175. The second kappa shape index (κ2) is 3.44. The van der Waals surface area contributed by atoms with Crippen molar-refractivity contribution >= 4 is 5.97 Å². The van der Waals surface area contributed by atoms with E-state index in [-0.39, 0.29) is 11.9 Å². The molecule has 1 N–H and O–H groups in total. The third-order valence-electron chi connectivity index (χ3n) is 2.78. The second-order valence-corrected chi connectivity index (χ2v) is 3.68. The molecule has 0 bridgehead atoms. The first-order valence-electron chi connectivity index (χ1n) is 4.76. The molecule has 0 aromatic carbocycles. The van der Waals surface area contributed by atoms with Crippen molar-refractivity contribution in [2.45, 2.75) is 31.7 Å². The monoisotopic (exact) mass is 169 g/mol. The summed E-state index contributed by atoms with van der Waals surface area (Å²) in [7, 11) is 0. The van der Waals surface area contributed by atoms with Gasteiger partial charge in [-0.25, -0.2) is 0 Å². The van der Waals surface area contributed by atoms with Crippen LogP contribution in [0.2, 0.25) is 0 Å². The van der Waals surface area contributed by atoms with Gasteiger partial charge in [-0.05, 0) is 32.2 Å².